The Balaban J connectivity index is 1.83. The summed E-state index contributed by atoms with van der Waals surface area (Å²) in [5, 5.41) is 15.2. The Bertz CT molecular complexity index is 571. The monoisotopic (exact) mass is 332 g/mol. The number of hydrogen-bond donors (Lipinski definition) is 3. The molecule has 0 heterocycles. The van der Waals surface area contributed by atoms with Crippen molar-refractivity contribution in [2.75, 3.05) is 11.9 Å². The molecule has 0 aliphatic heterocycles. The van der Waals surface area contributed by atoms with Gasteiger partial charge >= 0.3 is 0 Å². The number of aliphatic hydroxyl groups is 1. The lowest BCUT2D eigenvalue weighted by Gasteiger charge is -2.25. The van der Waals surface area contributed by atoms with Crippen LogP contribution in [0.3, 0.4) is 0 Å². The first kappa shape index (κ1) is 18.5. The van der Waals surface area contributed by atoms with Crippen molar-refractivity contribution in [3.63, 3.8) is 0 Å². The third kappa shape index (κ3) is 6.32. The van der Waals surface area contributed by atoms with Crippen LogP contribution in [0, 0.1) is 11.3 Å². The van der Waals surface area contributed by atoms with Crippen molar-refractivity contribution in [3.05, 3.63) is 29.8 Å². The normalized spacial score (nSPS) is 15.7. The van der Waals surface area contributed by atoms with Gasteiger partial charge in [-0.2, -0.15) is 0 Å². The summed E-state index contributed by atoms with van der Waals surface area (Å²) < 4.78 is 0. The van der Waals surface area contributed by atoms with Gasteiger partial charge in [0.25, 0.3) is 0 Å². The van der Waals surface area contributed by atoms with E-state index in [9.17, 15) is 14.7 Å². The van der Waals surface area contributed by atoms with Gasteiger partial charge in [-0.15, -0.1) is 0 Å². The van der Waals surface area contributed by atoms with Crippen molar-refractivity contribution in [2.24, 2.45) is 11.3 Å². The standard InChI is InChI=1S/C19H28N2O3/c1-19(2,3)11-16(12-22)20-17(23)10-13-4-8-15(9-5-13)21-18(24)14-6-7-14/h4-5,8-9,14,16,22H,6-7,10-12H2,1-3H3,(H,20,23)(H,21,24). The molecule has 1 fully saturated rings. The van der Waals surface area contributed by atoms with Crippen molar-refractivity contribution < 1.29 is 14.7 Å². The molecule has 2 amide bonds. The number of hydrogen-bond acceptors (Lipinski definition) is 3. The molecule has 0 saturated heterocycles. The average molecular weight is 332 g/mol. The van der Waals surface area contributed by atoms with Crippen molar-refractivity contribution in [2.45, 2.75) is 52.5 Å². The molecule has 1 saturated carbocycles. The number of carbonyl (C=O) groups excluding carboxylic acids is 2. The highest BCUT2D eigenvalue weighted by Crippen LogP contribution is 2.30. The van der Waals surface area contributed by atoms with Crippen molar-refractivity contribution in [1.82, 2.24) is 5.32 Å². The van der Waals surface area contributed by atoms with E-state index in [0.29, 0.717) is 0 Å². The van der Waals surface area contributed by atoms with Crippen molar-refractivity contribution in [1.29, 1.82) is 0 Å². The maximum absolute atomic E-state index is 12.1. The molecule has 1 atom stereocenters. The van der Waals surface area contributed by atoms with Gasteiger partial charge in [0.2, 0.25) is 11.8 Å². The molecule has 1 aromatic carbocycles. The zero-order chi connectivity index (χ0) is 17.7. The predicted molar refractivity (Wildman–Crippen MR) is 94.6 cm³/mol. The minimum Gasteiger partial charge on any atom is -0.394 e. The molecule has 1 aromatic rings. The first-order valence-electron chi connectivity index (χ1n) is 8.57. The first-order valence-corrected chi connectivity index (χ1v) is 8.57. The fourth-order valence-electron chi connectivity index (χ4n) is 2.66. The molecule has 3 N–H and O–H groups in total. The summed E-state index contributed by atoms with van der Waals surface area (Å²) in [6.07, 6.45) is 2.94. The SMILES string of the molecule is CC(C)(C)CC(CO)NC(=O)Cc1ccc(NC(=O)C2CC2)cc1. The fourth-order valence-corrected chi connectivity index (χ4v) is 2.66. The lowest BCUT2D eigenvalue weighted by Crippen LogP contribution is -2.40. The molecule has 0 spiro atoms. The number of carbonyl (C=O) groups is 2. The number of benzene rings is 1. The summed E-state index contributed by atoms with van der Waals surface area (Å²) in [4.78, 5) is 23.8. The van der Waals surface area contributed by atoms with Crippen LogP contribution in [0.4, 0.5) is 5.69 Å². The Kier molecular flexibility index (Phi) is 5.99. The van der Waals surface area contributed by atoms with Gasteiger partial charge in [-0.3, -0.25) is 9.59 Å². The smallest absolute Gasteiger partial charge is 0.227 e. The number of anilines is 1. The quantitative estimate of drug-likeness (QED) is 0.718. The number of aliphatic hydroxyl groups excluding tert-OH is 1. The Morgan fingerprint density at radius 3 is 2.33 bits per heavy atom. The van der Waals surface area contributed by atoms with E-state index in [1.54, 1.807) is 0 Å². The second-order valence-electron chi connectivity index (χ2n) is 7.85. The van der Waals surface area contributed by atoms with Crippen LogP contribution in [-0.4, -0.2) is 29.6 Å². The molecule has 132 valence electrons. The lowest BCUT2D eigenvalue weighted by molar-refractivity contribution is -0.121. The summed E-state index contributed by atoms with van der Waals surface area (Å²) in [5.74, 6) is 0.148. The van der Waals surface area contributed by atoms with Crippen molar-refractivity contribution >= 4 is 17.5 Å². The van der Waals surface area contributed by atoms with Crippen LogP contribution in [0.15, 0.2) is 24.3 Å². The van der Waals surface area contributed by atoms with Gasteiger partial charge in [-0.1, -0.05) is 32.9 Å². The molecule has 24 heavy (non-hydrogen) atoms. The van der Waals surface area contributed by atoms with E-state index in [1.807, 2.05) is 24.3 Å². The highest BCUT2D eigenvalue weighted by Gasteiger charge is 2.29. The zero-order valence-corrected chi connectivity index (χ0v) is 14.8. The highest BCUT2D eigenvalue weighted by molar-refractivity contribution is 5.94. The minimum atomic E-state index is -0.227. The minimum absolute atomic E-state index is 0.0437. The number of amides is 2. The Morgan fingerprint density at radius 2 is 1.83 bits per heavy atom. The summed E-state index contributed by atoms with van der Waals surface area (Å²) in [7, 11) is 0. The topological polar surface area (TPSA) is 78.4 Å². The lowest BCUT2D eigenvalue weighted by atomic mass is 9.88. The average Bonchev–Trinajstić information content (AvgIpc) is 3.31. The molecule has 0 bridgehead atoms. The van der Waals surface area contributed by atoms with Gasteiger partial charge in [-0.25, -0.2) is 0 Å². The van der Waals surface area contributed by atoms with Crippen LogP contribution in [0.25, 0.3) is 0 Å². The number of rotatable bonds is 7. The molecule has 0 radical (unpaired) electrons. The van der Waals surface area contributed by atoms with Gasteiger partial charge in [0, 0.05) is 11.6 Å². The van der Waals surface area contributed by atoms with Crippen molar-refractivity contribution in [3.8, 4) is 0 Å². The molecular formula is C19H28N2O3. The maximum Gasteiger partial charge on any atom is 0.227 e. The Hall–Kier alpha value is -1.88. The van der Waals surface area contributed by atoms with Gasteiger partial charge in [-0.05, 0) is 42.4 Å². The fraction of sp³-hybridized carbons (Fsp3) is 0.579. The molecule has 1 aliphatic carbocycles. The van der Waals surface area contributed by atoms with E-state index in [0.717, 1.165) is 30.5 Å². The van der Waals surface area contributed by atoms with E-state index in [2.05, 4.69) is 31.4 Å². The van der Waals surface area contributed by atoms with Crippen LogP contribution in [0.1, 0.15) is 45.6 Å². The largest absolute Gasteiger partial charge is 0.394 e. The second-order valence-corrected chi connectivity index (χ2v) is 7.85. The number of nitrogens with one attached hydrogen (secondary N) is 2. The van der Waals surface area contributed by atoms with E-state index in [4.69, 9.17) is 0 Å². The zero-order valence-electron chi connectivity index (χ0n) is 14.8. The van der Waals surface area contributed by atoms with Crippen LogP contribution < -0.4 is 10.6 Å². The second kappa shape index (κ2) is 7.79. The molecule has 5 nitrogen and oxygen atoms in total. The molecule has 2 rings (SSSR count). The van der Waals surface area contributed by atoms with Crippen LogP contribution >= 0.6 is 0 Å². The van der Waals surface area contributed by atoms with Gasteiger partial charge in [0.15, 0.2) is 0 Å². The van der Waals surface area contributed by atoms with Gasteiger partial charge in [0.1, 0.15) is 0 Å². The third-order valence-corrected chi connectivity index (χ3v) is 3.98. The summed E-state index contributed by atoms with van der Waals surface area (Å²) >= 11 is 0. The van der Waals surface area contributed by atoms with E-state index >= 15 is 0 Å². The first-order chi connectivity index (χ1) is 11.3. The van der Waals surface area contributed by atoms with E-state index in [-0.39, 0.29) is 42.2 Å². The maximum atomic E-state index is 12.1. The molecule has 0 aromatic heterocycles. The van der Waals surface area contributed by atoms with E-state index in [1.165, 1.54) is 0 Å². The molecule has 5 heteroatoms. The van der Waals surface area contributed by atoms with E-state index < -0.39 is 0 Å². The van der Waals surface area contributed by atoms with Crippen LogP contribution in [0.2, 0.25) is 0 Å². The molecule has 1 aliphatic rings. The summed E-state index contributed by atoms with van der Waals surface area (Å²) in [5.41, 5.74) is 1.68. The molecule has 1 unspecified atom stereocenters. The van der Waals surface area contributed by atoms with Gasteiger partial charge in [0.05, 0.1) is 19.1 Å². The Labute approximate surface area is 143 Å². The van der Waals surface area contributed by atoms with Crippen LogP contribution in [-0.2, 0) is 16.0 Å². The highest BCUT2D eigenvalue weighted by atomic mass is 16.3. The van der Waals surface area contributed by atoms with Crippen LogP contribution in [0.5, 0.6) is 0 Å². The summed E-state index contributed by atoms with van der Waals surface area (Å²) in [6, 6.07) is 7.11. The Morgan fingerprint density at radius 1 is 1.21 bits per heavy atom. The summed E-state index contributed by atoms with van der Waals surface area (Å²) in [6.45, 7) is 6.18. The third-order valence-electron chi connectivity index (χ3n) is 3.98. The molecular weight excluding hydrogens is 304 g/mol. The predicted octanol–water partition coefficient (Wildman–Crippen LogP) is 2.49. The van der Waals surface area contributed by atoms with Gasteiger partial charge < -0.3 is 15.7 Å².